The van der Waals surface area contributed by atoms with Gasteiger partial charge in [-0.05, 0) is 5.56 Å². The van der Waals surface area contributed by atoms with E-state index in [1.165, 1.54) is 12.1 Å². The van der Waals surface area contributed by atoms with E-state index in [0.717, 1.165) is 5.56 Å². The highest BCUT2D eigenvalue weighted by molar-refractivity contribution is 7.84. The van der Waals surface area contributed by atoms with Gasteiger partial charge in [0.05, 0.1) is 4.92 Å². The normalized spacial score (nSPS) is 12.3. The van der Waals surface area contributed by atoms with Crippen molar-refractivity contribution < 1.29 is 9.13 Å². The maximum absolute atomic E-state index is 11.1. The second-order valence-corrected chi connectivity index (χ2v) is 5.40. The van der Waals surface area contributed by atoms with E-state index in [2.05, 4.69) is 5.32 Å². The van der Waals surface area contributed by atoms with Gasteiger partial charge in [0.1, 0.15) is 0 Å². The van der Waals surface area contributed by atoms with Crippen molar-refractivity contribution in [1.29, 1.82) is 0 Å². The molecule has 1 N–H and O–H groups in total. The van der Waals surface area contributed by atoms with Crippen molar-refractivity contribution in [2.75, 3.05) is 18.1 Å². The summed E-state index contributed by atoms with van der Waals surface area (Å²) in [6.07, 6.45) is 0. The molecule has 1 atom stereocenters. The largest absolute Gasteiger partial charge is 0.312 e. The number of non-ortho nitro benzene ring substituents is 1. The van der Waals surface area contributed by atoms with Gasteiger partial charge >= 0.3 is 0 Å². The van der Waals surface area contributed by atoms with Gasteiger partial charge in [-0.15, -0.1) is 0 Å². The van der Waals surface area contributed by atoms with Crippen molar-refractivity contribution in [2.24, 2.45) is 0 Å². The SMILES string of the molecule is CCS(=O)CCNCc1ccc([N+](=O)[O-])cc1. The minimum atomic E-state index is -0.747. The molecule has 0 aliphatic heterocycles. The van der Waals surface area contributed by atoms with Crippen LogP contribution in [-0.4, -0.2) is 27.2 Å². The third-order valence-electron chi connectivity index (χ3n) is 2.30. The summed E-state index contributed by atoms with van der Waals surface area (Å²) in [5.74, 6) is 1.32. The fourth-order valence-corrected chi connectivity index (χ4v) is 1.96. The number of nitrogens with one attached hydrogen (secondary N) is 1. The lowest BCUT2D eigenvalue weighted by molar-refractivity contribution is -0.384. The third kappa shape index (κ3) is 5.06. The van der Waals surface area contributed by atoms with Crippen LogP contribution in [0.25, 0.3) is 0 Å². The lowest BCUT2D eigenvalue weighted by atomic mass is 10.2. The van der Waals surface area contributed by atoms with Crippen LogP contribution in [0.4, 0.5) is 5.69 Å². The number of hydrogen-bond donors (Lipinski definition) is 1. The maximum atomic E-state index is 11.1. The van der Waals surface area contributed by atoms with Gasteiger partial charge < -0.3 is 5.32 Å². The fraction of sp³-hybridized carbons (Fsp3) is 0.455. The average Bonchev–Trinajstić information content (AvgIpc) is 2.34. The van der Waals surface area contributed by atoms with Gasteiger partial charge in [0, 0.05) is 47.5 Å². The standard InChI is InChI=1S/C11H16N2O3S/c1-2-17(16)8-7-12-9-10-3-5-11(6-4-10)13(14)15/h3-6,12H,2,7-9H2,1H3. The molecule has 94 valence electrons. The molecule has 0 aromatic heterocycles. The van der Waals surface area contributed by atoms with Crippen LogP contribution < -0.4 is 5.32 Å². The predicted molar refractivity (Wildman–Crippen MR) is 68.4 cm³/mol. The fourth-order valence-electron chi connectivity index (χ4n) is 1.30. The van der Waals surface area contributed by atoms with E-state index in [1.54, 1.807) is 12.1 Å². The first-order valence-corrected chi connectivity index (χ1v) is 6.91. The molecule has 0 saturated heterocycles. The summed E-state index contributed by atoms with van der Waals surface area (Å²) < 4.78 is 11.1. The Balaban J connectivity index is 2.32. The molecule has 1 aromatic carbocycles. The Hall–Kier alpha value is -1.27. The molecule has 0 aliphatic carbocycles. The molecule has 0 saturated carbocycles. The van der Waals surface area contributed by atoms with Crippen LogP contribution >= 0.6 is 0 Å². The molecule has 0 bridgehead atoms. The molecule has 5 nitrogen and oxygen atoms in total. The number of benzene rings is 1. The molecule has 17 heavy (non-hydrogen) atoms. The van der Waals surface area contributed by atoms with Crippen molar-refractivity contribution in [3.05, 3.63) is 39.9 Å². The van der Waals surface area contributed by atoms with Gasteiger partial charge in [-0.3, -0.25) is 14.3 Å². The first-order chi connectivity index (χ1) is 8.13. The third-order valence-corrected chi connectivity index (χ3v) is 3.61. The highest BCUT2D eigenvalue weighted by Gasteiger charge is 2.03. The van der Waals surface area contributed by atoms with Gasteiger partial charge in [0.2, 0.25) is 0 Å². The number of hydrogen-bond acceptors (Lipinski definition) is 4. The molecule has 0 radical (unpaired) electrons. The van der Waals surface area contributed by atoms with Crippen molar-refractivity contribution in [1.82, 2.24) is 5.32 Å². The molecule has 0 aliphatic rings. The Kier molecular flexibility index (Phi) is 5.79. The van der Waals surface area contributed by atoms with Crippen LogP contribution in [0.15, 0.2) is 24.3 Å². The van der Waals surface area contributed by atoms with E-state index in [4.69, 9.17) is 0 Å². The Morgan fingerprint density at radius 3 is 2.53 bits per heavy atom. The lowest BCUT2D eigenvalue weighted by Gasteiger charge is -2.04. The summed E-state index contributed by atoms with van der Waals surface area (Å²) in [4.78, 5) is 10.0. The zero-order valence-electron chi connectivity index (χ0n) is 9.72. The van der Waals surface area contributed by atoms with Crippen molar-refractivity contribution in [2.45, 2.75) is 13.5 Å². The van der Waals surface area contributed by atoms with E-state index >= 15 is 0 Å². The zero-order chi connectivity index (χ0) is 12.7. The molecule has 1 aromatic rings. The number of nitro benzene ring substituents is 1. The van der Waals surface area contributed by atoms with Crippen LogP contribution in [0.5, 0.6) is 0 Å². The molecular formula is C11H16N2O3S. The Morgan fingerprint density at radius 2 is 2.00 bits per heavy atom. The number of nitrogens with zero attached hydrogens (tertiary/aromatic N) is 1. The van der Waals surface area contributed by atoms with Crippen molar-refractivity contribution in [3.8, 4) is 0 Å². The van der Waals surface area contributed by atoms with E-state index in [9.17, 15) is 14.3 Å². The van der Waals surface area contributed by atoms with E-state index in [1.807, 2.05) is 6.92 Å². The molecule has 6 heteroatoms. The topological polar surface area (TPSA) is 72.2 Å². The van der Waals surface area contributed by atoms with Crippen molar-refractivity contribution in [3.63, 3.8) is 0 Å². The summed E-state index contributed by atoms with van der Waals surface area (Å²) >= 11 is 0. The second-order valence-electron chi connectivity index (χ2n) is 3.53. The molecule has 0 spiro atoms. The van der Waals surface area contributed by atoms with Crippen molar-refractivity contribution >= 4 is 16.5 Å². The highest BCUT2D eigenvalue weighted by atomic mass is 32.2. The first-order valence-electron chi connectivity index (χ1n) is 5.42. The number of rotatable bonds is 7. The molecule has 0 amide bonds. The summed E-state index contributed by atoms with van der Waals surface area (Å²) in [5.41, 5.74) is 1.08. The van der Waals surface area contributed by atoms with Crippen LogP contribution in [-0.2, 0) is 17.3 Å². The first kappa shape index (κ1) is 13.8. The van der Waals surface area contributed by atoms with Gasteiger partial charge in [0.25, 0.3) is 5.69 Å². The van der Waals surface area contributed by atoms with E-state index in [0.29, 0.717) is 24.6 Å². The van der Waals surface area contributed by atoms with Gasteiger partial charge in [-0.25, -0.2) is 0 Å². The summed E-state index contributed by atoms with van der Waals surface area (Å²) in [7, 11) is -0.747. The van der Waals surface area contributed by atoms with Gasteiger partial charge in [-0.2, -0.15) is 0 Å². The Morgan fingerprint density at radius 1 is 1.35 bits per heavy atom. The van der Waals surface area contributed by atoms with Gasteiger partial charge in [0.15, 0.2) is 0 Å². The molecule has 1 rings (SSSR count). The second kappa shape index (κ2) is 7.13. The monoisotopic (exact) mass is 256 g/mol. The van der Waals surface area contributed by atoms with Crippen LogP contribution in [0, 0.1) is 10.1 Å². The quantitative estimate of drug-likeness (QED) is 0.455. The maximum Gasteiger partial charge on any atom is 0.269 e. The molecule has 0 heterocycles. The van der Waals surface area contributed by atoms with E-state index in [-0.39, 0.29) is 5.69 Å². The minimum Gasteiger partial charge on any atom is -0.312 e. The lowest BCUT2D eigenvalue weighted by Crippen LogP contribution is -2.20. The number of nitro groups is 1. The summed E-state index contributed by atoms with van der Waals surface area (Å²) in [6, 6.07) is 6.42. The smallest absolute Gasteiger partial charge is 0.269 e. The zero-order valence-corrected chi connectivity index (χ0v) is 10.5. The summed E-state index contributed by atoms with van der Waals surface area (Å²) in [5, 5.41) is 13.6. The Bertz CT molecular complexity index is 392. The Labute approximate surface area is 103 Å². The van der Waals surface area contributed by atoms with Gasteiger partial charge in [-0.1, -0.05) is 19.1 Å². The van der Waals surface area contributed by atoms with Crippen LogP contribution in [0.1, 0.15) is 12.5 Å². The minimum absolute atomic E-state index is 0.0980. The van der Waals surface area contributed by atoms with Crippen LogP contribution in [0.3, 0.4) is 0 Å². The molecule has 0 fully saturated rings. The molecular weight excluding hydrogens is 240 g/mol. The van der Waals surface area contributed by atoms with Crippen LogP contribution in [0.2, 0.25) is 0 Å². The predicted octanol–water partition coefficient (Wildman–Crippen LogP) is 1.45. The van der Waals surface area contributed by atoms with E-state index < -0.39 is 15.7 Å². The highest BCUT2D eigenvalue weighted by Crippen LogP contribution is 2.11. The average molecular weight is 256 g/mol. The summed E-state index contributed by atoms with van der Waals surface area (Å²) in [6.45, 7) is 3.22. The molecule has 1 unspecified atom stereocenters.